The van der Waals surface area contributed by atoms with Crippen LogP contribution in [-0.4, -0.2) is 35.4 Å². The first-order chi connectivity index (χ1) is 15.9. The molecule has 168 valence electrons. The molecule has 0 unspecified atom stereocenters. The number of nitro benzene ring substituents is 1. The summed E-state index contributed by atoms with van der Waals surface area (Å²) in [5.74, 6) is -0.981. The van der Waals surface area contributed by atoms with Crippen LogP contribution in [0.15, 0.2) is 61.1 Å². The SMILES string of the molecule is O=C(Nc1ncn(Cc2c(F)cccc2Cl)n1)c1ccn(COc2ccccc2[N+](=O)[O-])n1. The summed E-state index contributed by atoms with van der Waals surface area (Å²) in [6, 6.07) is 11.7. The van der Waals surface area contributed by atoms with Crippen molar-refractivity contribution in [1.29, 1.82) is 0 Å². The highest BCUT2D eigenvalue weighted by molar-refractivity contribution is 6.31. The summed E-state index contributed by atoms with van der Waals surface area (Å²) in [6.07, 6.45) is 2.81. The average molecular weight is 472 g/mol. The zero-order valence-electron chi connectivity index (χ0n) is 16.8. The van der Waals surface area contributed by atoms with E-state index in [1.807, 2.05) is 0 Å². The Kier molecular flexibility index (Phi) is 6.26. The first-order valence-corrected chi connectivity index (χ1v) is 9.82. The number of carbonyl (C=O) groups is 1. The van der Waals surface area contributed by atoms with E-state index in [1.54, 1.807) is 12.1 Å². The molecular weight excluding hydrogens is 457 g/mol. The molecule has 0 saturated carbocycles. The van der Waals surface area contributed by atoms with Crippen molar-refractivity contribution < 1.29 is 18.8 Å². The van der Waals surface area contributed by atoms with Gasteiger partial charge in [-0.2, -0.15) is 5.10 Å². The lowest BCUT2D eigenvalue weighted by molar-refractivity contribution is -0.386. The molecule has 0 fully saturated rings. The lowest BCUT2D eigenvalue weighted by Gasteiger charge is -2.06. The Hall–Kier alpha value is -4.32. The summed E-state index contributed by atoms with van der Waals surface area (Å²) in [5, 5.41) is 22.0. The predicted octanol–water partition coefficient (Wildman–Crippen LogP) is 3.51. The van der Waals surface area contributed by atoms with Crippen LogP contribution in [0, 0.1) is 15.9 Å². The summed E-state index contributed by atoms with van der Waals surface area (Å²) in [7, 11) is 0. The van der Waals surface area contributed by atoms with Crippen LogP contribution in [0.3, 0.4) is 0 Å². The topological polar surface area (TPSA) is 130 Å². The zero-order chi connectivity index (χ0) is 23.4. The number of nitro groups is 1. The maximum atomic E-state index is 13.9. The number of halogens is 2. The van der Waals surface area contributed by atoms with Crippen molar-refractivity contribution >= 4 is 29.1 Å². The largest absolute Gasteiger partial charge is 0.464 e. The summed E-state index contributed by atoms with van der Waals surface area (Å²) < 4.78 is 22.0. The Morgan fingerprint density at radius 1 is 1.15 bits per heavy atom. The van der Waals surface area contributed by atoms with E-state index in [1.165, 1.54) is 58.3 Å². The fraction of sp³-hybridized carbons (Fsp3) is 0.100. The molecule has 1 N–H and O–H groups in total. The van der Waals surface area contributed by atoms with Gasteiger partial charge in [-0.25, -0.2) is 18.7 Å². The number of hydrogen-bond acceptors (Lipinski definition) is 7. The number of amides is 1. The molecule has 0 aliphatic rings. The smallest absolute Gasteiger partial charge is 0.311 e. The standard InChI is InChI=1S/C20H15ClFN7O4/c21-14-4-3-5-15(22)13(14)10-28-11-23-20(26-28)24-19(30)16-8-9-27(25-16)12-33-18-7-2-1-6-17(18)29(31)32/h1-9,11H,10,12H2,(H,24,26,30). The second-order valence-corrected chi connectivity index (χ2v) is 7.07. The van der Waals surface area contributed by atoms with Crippen LogP contribution >= 0.6 is 11.6 Å². The van der Waals surface area contributed by atoms with Crippen molar-refractivity contribution in [3.8, 4) is 5.75 Å². The van der Waals surface area contributed by atoms with E-state index >= 15 is 0 Å². The van der Waals surface area contributed by atoms with Crippen LogP contribution < -0.4 is 10.1 Å². The summed E-state index contributed by atoms with van der Waals surface area (Å²) in [4.78, 5) is 26.9. The summed E-state index contributed by atoms with van der Waals surface area (Å²) in [5.41, 5.74) is 0.120. The number of ether oxygens (including phenoxy) is 1. The molecule has 2 aromatic heterocycles. The molecule has 4 rings (SSSR count). The van der Waals surface area contributed by atoms with Gasteiger partial charge in [0.2, 0.25) is 5.95 Å². The van der Waals surface area contributed by atoms with Crippen molar-refractivity contribution in [2.45, 2.75) is 13.3 Å². The lowest BCUT2D eigenvalue weighted by atomic mass is 10.2. The minimum Gasteiger partial charge on any atom is -0.464 e. The number of para-hydroxylation sites is 2. The quantitative estimate of drug-likeness (QED) is 0.307. The maximum Gasteiger partial charge on any atom is 0.311 e. The molecule has 2 aromatic carbocycles. The van der Waals surface area contributed by atoms with E-state index in [4.69, 9.17) is 16.3 Å². The van der Waals surface area contributed by atoms with Gasteiger partial charge in [0.25, 0.3) is 5.91 Å². The first-order valence-electron chi connectivity index (χ1n) is 9.44. The fourth-order valence-electron chi connectivity index (χ4n) is 2.86. The Morgan fingerprint density at radius 3 is 2.76 bits per heavy atom. The van der Waals surface area contributed by atoms with Gasteiger partial charge in [-0.1, -0.05) is 29.8 Å². The van der Waals surface area contributed by atoms with Crippen LogP contribution in [0.25, 0.3) is 0 Å². The minimum atomic E-state index is -0.582. The average Bonchev–Trinajstić information content (AvgIpc) is 3.45. The van der Waals surface area contributed by atoms with Crippen molar-refractivity contribution in [2.75, 3.05) is 5.32 Å². The van der Waals surface area contributed by atoms with Crippen LogP contribution in [0.4, 0.5) is 16.0 Å². The molecule has 13 heteroatoms. The molecule has 4 aromatic rings. The molecular formula is C20H15ClFN7O4. The van der Waals surface area contributed by atoms with E-state index in [0.717, 1.165) is 0 Å². The highest BCUT2D eigenvalue weighted by atomic mass is 35.5. The second kappa shape index (κ2) is 9.44. The lowest BCUT2D eigenvalue weighted by Crippen LogP contribution is -2.15. The fourth-order valence-corrected chi connectivity index (χ4v) is 3.08. The minimum absolute atomic E-state index is 0.00169. The van der Waals surface area contributed by atoms with E-state index in [-0.39, 0.29) is 46.9 Å². The molecule has 0 bridgehead atoms. The van der Waals surface area contributed by atoms with E-state index in [9.17, 15) is 19.3 Å². The van der Waals surface area contributed by atoms with Crippen LogP contribution in [0.2, 0.25) is 5.02 Å². The third-order valence-corrected chi connectivity index (χ3v) is 4.79. The van der Waals surface area contributed by atoms with Gasteiger partial charge in [0, 0.05) is 22.8 Å². The molecule has 2 heterocycles. The maximum absolute atomic E-state index is 13.9. The molecule has 1 amide bonds. The molecule has 0 aliphatic carbocycles. The number of anilines is 1. The second-order valence-electron chi connectivity index (χ2n) is 6.66. The van der Waals surface area contributed by atoms with Gasteiger partial charge in [-0.3, -0.25) is 20.2 Å². The van der Waals surface area contributed by atoms with E-state index in [2.05, 4.69) is 20.5 Å². The predicted molar refractivity (Wildman–Crippen MR) is 114 cm³/mol. The number of carbonyl (C=O) groups excluding carboxylic acids is 1. The Morgan fingerprint density at radius 2 is 1.97 bits per heavy atom. The number of aromatic nitrogens is 5. The van der Waals surface area contributed by atoms with Gasteiger partial charge < -0.3 is 4.74 Å². The Labute approximate surface area is 190 Å². The first kappa shape index (κ1) is 21.9. The molecule has 33 heavy (non-hydrogen) atoms. The number of rotatable bonds is 8. The van der Waals surface area contributed by atoms with E-state index in [0.29, 0.717) is 0 Å². The summed E-state index contributed by atoms with van der Waals surface area (Å²) in [6.45, 7) is -0.111. The molecule has 0 atom stereocenters. The number of nitrogens with one attached hydrogen (secondary N) is 1. The van der Waals surface area contributed by atoms with Gasteiger partial charge in [-0.05, 0) is 24.3 Å². The monoisotopic (exact) mass is 471 g/mol. The molecule has 0 radical (unpaired) electrons. The van der Waals surface area contributed by atoms with Gasteiger partial charge in [0.1, 0.15) is 12.1 Å². The number of benzene rings is 2. The zero-order valence-corrected chi connectivity index (χ0v) is 17.5. The Balaban J connectivity index is 1.37. The van der Waals surface area contributed by atoms with Gasteiger partial charge in [0.15, 0.2) is 18.2 Å². The normalized spacial score (nSPS) is 10.7. The highest BCUT2D eigenvalue weighted by Crippen LogP contribution is 2.26. The Bertz CT molecular complexity index is 1300. The van der Waals surface area contributed by atoms with Crippen molar-refractivity contribution in [3.05, 3.63) is 93.3 Å². The molecule has 0 saturated heterocycles. The van der Waals surface area contributed by atoms with Gasteiger partial charge in [-0.15, -0.1) is 5.10 Å². The van der Waals surface area contributed by atoms with Crippen LogP contribution in [0.5, 0.6) is 5.75 Å². The van der Waals surface area contributed by atoms with Gasteiger partial charge in [0.05, 0.1) is 11.5 Å². The van der Waals surface area contributed by atoms with E-state index < -0.39 is 16.6 Å². The number of nitrogens with zero attached hydrogens (tertiary/aromatic N) is 6. The van der Waals surface area contributed by atoms with Crippen molar-refractivity contribution in [1.82, 2.24) is 24.5 Å². The molecule has 11 nitrogen and oxygen atoms in total. The third-order valence-electron chi connectivity index (χ3n) is 4.43. The number of hydrogen-bond donors (Lipinski definition) is 1. The molecule has 0 spiro atoms. The van der Waals surface area contributed by atoms with Gasteiger partial charge >= 0.3 is 5.69 Å². The van der Waals surface area contributed by atoms with Crippen LogP contribution in [-0.2, 0) is 13.3 Å². The third kappa shape index (κ3) is 5.13. The van der Waals surface area contributed by atoms with Crippen LogP contribution in [0.1, 0.15) is 16.1 Å². The summed E-state index contributed by atoms with van der Waals surface area (Å²) >= 11 is 6.02. The molecule has 0 aliphatic heterocycles. The van der Waals surface area contributed by atoms with Crippen molar-refractivity contribution in [2.24, 2.45) is 0 Å². The van der Waals surface area contributed by atoms with Crippen molar-refractivity contribution in [3.63, 3.8) is 0 Å². The highest BCUT2D eigenvalue weighted by Gasteiger charge is 2.16.